The Morgan fingerprint density at radius 1 is 0.950 bits per heavy atom. The molecular weight excluding hydrogens is 280 g/mol. The number of benzene rings is 2. The lowest BCUT2D eigenvalue weighted by atomic mass is 10.0. The van der Waals surface area contributed by atoms with Crippen LogP contribution >= 0.6 is 11.1 Å². The van der Waals surface area contributed by atoms with Crippen LogP contribution < -0.4 is 10.4 Å². The highest BCUT2D eigenvalue weighted by molar-refractivity contribution is 7.34. The highest BCUT2D eigenvalue weighted by Crippen LogP contribution is 2.28. The molecule has 3 rings (SSSR count). The quantitative estimate of drug-likeness (QED) is 0.580. The van der Waals surface area contributed by atoms with E-state index in [0.29, 0.717) is 5.92 Å². The van der Waals surface area contributed by atoms with Crippen molar-refractivity contribution in [3.05, 3.63) is 59.7 Å². The van der Waals surface area contributed by atoms with Crippen molar-refractivity contribution in [1.82, 2.24) is 0 Å². The molecule has 0 saturated carbocycles. The zero-order chi connectivity index (χ0) is 14.2. The molecule has 1 heterocycles. The fourth-order valence-corrected chi connectivity index (χ4v) is 8.65. The van der Waals surface area contributed by atoms with Crippen LogP contribution in [0.4, 0.5) is 0 Å². The third-order valence-electron chi connectivity index (χ3n) is 4.42. The van der Waals surface area contributed by atoms with Crippen molar-refractivity contribution in [1.29, 1.82) is 0 Å². The summed E-state index contributed by atoms with van der Waals surface area (Å²) in [5.41, 5.74) is 2.91. The molecule has 0 saturated heterocycles. The molecule has 0 bridgehead atoms. The average Bonchev–Trinajstić information content (AvgIpc) is 2.48. The topological polar surface area (TPSA) is 0 Å². The molecule has 0 aliphatic carbocycles. The summed E-state index contributed by atoms with van der Waals surface area (Å²) >= 11 is 7.32. The lowest BCUT2D eigenvalue weighted by Gasteiger charge is -2.34. The molecule has 2 heteroatoms. The first-order valence-electron chi connectivity index (χ1n) is 7.49. The first-order chi connectivity index (χ1) is 9.63. The molecule has 2 aromatic carbocycles. The van der Waals surface area contributed by atoms with Gasteiger partial charge in [0.1, 0.15) is 0 Å². The molecule has 0 aromatic heterocycles. The Hall–Kier alpha value is -1.05. The summed E-state index contributed by atoms with van der Waals surface area (Å²) in [4.78, 5) is 0. The minimum atomic E-state index is -2.07. The third kappa shape index (κ3) is 2.23. The molecule has 0 unspecified atom stereocenters. The lowest BCUT2D eigenvalue weighted by molar-refractivity contribution is 0.868. The van der Waals surface area contributed by atoms with E-state index in [4.69, 9.17) is 11.1 Å². The molecule has 104 valence electrons. The maximum Gasteiger partial charge on any atom is 0.217 e. The van der Waals surface area contributed by atoms with Gasteiger partial charge in [0.05, 0.1) is 0 Å². The van der Waals surface area contributed by atoms with Gasteiger partial charge in [-0.1, -0.05) is 62.4 Å². The molecular formula is C18H21ClSi. The number of halogens is 1. The van der Waals surface area contributed by atoms with Crippen LogP contribution in [0.5, 0.6) is 0 Å². The maximum atomic E-state index is 7.32. The van der Waals surface area contributed by atoms with Crippen LogP contribution in [0.2, 0.25) is 6.04 Å². The first kappa shape index (κ1) is 13.9. The third-order valence-corrected chi connectivity index (χ3v) is 9.90. The average molecular weight is 301 g/mol. The minimum absolute atomic E-state index is 0.531. The van der Waals surface area contributed by atoms with Gasteiger partial charge < -0.3 is 0 Å². The zero-order valence-corrected chi connectivity index (χ0v) is 14.0. The van der Waals surface area contributed by atoms with Gasteiger partial charge in [0.15, 0.2) is 0 Å². The highest BCUT2D eigenvalue weighted by Gasteiger charge is 2.40. The largest absolute Gasteiger partial charge is 0.217 e. The number of hydrogen-bond donors (Lipinski definition) is 0. The predicted octanol–water partition coefficient (Wildman–Crippen LogP) is 4.05. The van der Waals surface area contributed by atoms with E-state index in [9.17, 15) is 0 Å². The molecule has 0 nitrogen and oxygen atoms in total. The van der Waals surface area contributed by atoms with Gasteiger partial charge in [-0.2, -0.15) is 11.1 Å². The van der Waals surface area contributed by atoms with Crippen LogP contribution in [0.3, 0.4) is 0 Å². The molecule has 2 aromatic rings. The highest BCUT2D eigenvalue weighted by atomic mass is 35.6. The van der Waals surface area contributed by atoms with E-state index in [1.807, 2.05) is 0 Å². The predicted molar refractivity (Wildman–Crippen MR) is 91.0 cm³/mol. The van der Waals surface area contributed by atoms with E-state index >= 15 is 0 Å². The van der Waals surface area contributed by atoms with E-state index in [1.165, 1.54) is 34.3 Å². The van der Waals surface area contributed by atoms with Gasteiger partial charge in [-0.15, -0.1) is 0 Å². The van der Waals surface area contributed by atoms with Crippen LogP contribution in [0.1, 0.15) is 37.3 Å². The normalized spacial score (nSPS) is 21.8. The fraction of sp³-hybridized carbons (Fsp3) is 0.333. The monoisotopic (exact) mass is 300 g/mol. The number of hydrogen-bond acceptors (Lipinski definition) is 0. The summed E-state index contributed by atoms with van der Waals surface area (Å²) in [6.45, 7) is 4.53. The zero-order valence-electron chi connectivity index (χ0n) is 12.2. The van der Waals surface area contributed by atoms with Crippen molar-refractivity contribution < 1.29 is 0 Å². The Morgan fingerprint density at radius 2 is 1.60 bits per heavy atom. The number of rotatable bonds is 2. The summed E-state index contributed by atoms with van der Waals surface area (Å²) in [6, 6.07) is 18.8. The van der Waals surface area contributed by atoms with Gasteiger partial charge >= 0.3 is 0 Å². The molecule has 0 N–H and O–H groups in total. The van der Waals surface area contributed by atoms with Crippen molar-refractivity contribution in [2.75, 3.05) is 0 Å². The summed E-state index contributed by atoms with van der Waals surface area (Å²) in [5, 5.41) is 2.88. The lowest BCUT2D eigenvalue weighted by Crippen LogP contribution is -2.57. The Bertz CT molecular complexity index is 620. The van der Waals surface area contributed by atoms with Crippen LogP contribution in [-0.2, 0) is 6.42 Å². The van der Waals surface area contributed by atoms with Gasteiger partial charge in [-0.05, 0) is 46.3 Å². The molecule has 1 atom stereocenters. The maximum absolute atomic E-state index is 7.32. The van der Waals surface area contributed by atoms with Crippen LogP contribution in [0.15, 0.2) is 48.5 Å². The Labute approximate surface area is 127 Å². The van der Waals surface area contributed by atoms with Gasteiger partial charge in [-0.25, -0.2) is 0 Å². The molecule has 1 aliphatic heterocycles. The van der Waals surface area contributed by atoms with Crippen LogP contribution in [0.25, 0.3) is 0 Å². The number of aryl methyl sites for hydroxylation is 1. The van der Waals surface area contributed by atoms with Crippen molar-refractivity contribution in [2.24, 2.45) is 0 Å². The molecule has 20 heavy (non-hydrogen) atoms. The smallest absolute Gasteiger partial charge is 0.155 e. The molecule has 0 spiro atoms. The van der Waals surface area contributed by atoms with E-state index in [2.05, 4.69) is 62.4 Å². The summed E-state index contributed by atoms with van der Waals surface area (Å²) in [6.07, 6.45) is 2.40. The SMILES string of the molecule is CC(C)c1ccccc1[Si@]1(Cl)CCCc2ccccc21. The Balaban J connectivity index is 2.20. The van der Waals surface area contributed by atoms with Crippen LogP contribution in [-0.4, -0.2) is 7.38 Å². The van der Waals surface area contributed by atoms with E-state index in [0.717, 1.165) is 6.04 Å². The fourth-order valence-electron chi connectivity index (χ4n) is 3.42. The van der Waals surface area contributed by atoms with Crippen molar-refractivity contribution >= 4 is 28.8 Å². The van der Waals surface area contributed by atoms with Crippen LogP contribution in [0, 0.1) is 0 Å². The second-order valence-corrected chi connectivity index (χ2v) is 11.2. The van der Waals surface area contributed by atoms with Gasteiger partial charge in [0.2, 0.25) is 7.38 Å². The van der Waals surface area contributed by atoms with E-state index in [-0.39, 0.29) is 0 Å². The van der Waals surface area contributed by atoms with E-state index in [1.54, 1.807) is 0 Å². The minimum Gasteiger partial charge on any atom is -0.155 e. The molecule has 1 aliphatic rings. The molecule has 0 amide bonds. The van der Waals surface area contributed by atoms with Crippen molar-refractivity contribution in [3.8, 4) is 0 Å². The molecule has 0 fully saturated rings. The second-order valence-electron chi connectivity index (χ2n) is 6.05. The Morgan fingerprint density at radius 3 is 2.35 bits per heavy atom. The molecule has 0 radical (unpaired) electrons. The summed E-state index contributed by atoms with van der Waals surface area (Å²) in [5.74, 6) is 0.531. The van der Waals surface area contributed by atoms with E-state index < -0.39 is 7.38 Å². The number of fused-ring (bicyclic) bond motifs is 1. The Kier molecular flexibility index (Phi) is 3.74. The van der Waals surface area contributed by atoms with Gasteiger partial charge in [0.25, 0.3) is 0 Å². The van der Waals surface area contributed by atoms with Gasteiger partial charge in [0, 0.05) is 0 Å². The first-order valence-corrected chi connectivity index (χ1v) is 10.7. The standard InChI is InChI=1S/C18H21ClSi/c1-14(2)16-10-4-6-12-18(16)20(19)13-7-9-15-8-3-5-11-17(15)20/h3-6,8,10-12,14H,7,9,13H2,1-2H3/t20-/m0/s1. The van der Waals surface area contributed by atoms with Crippen molar-refractivity contribution in [3.63, 3.8) is 0 Å². The van der Waals surface area contributed by atoms with Crippen molar-refractivity contribution in [2.45, 2.75) is 38.7 Å². The second kappa shape index (κ2) is 5.38. The summed E-state index contributed by atoms with van der Waals surface area (Å²) in [7, 11) is -2.07. The van der Waals surface area contributed by atoms with Gasteiger partial charge in [-0.3, -0.25) is 0 Å². The summed E-state index contributed by atoms with van der Waals surface area (Å²) < 4.78 is 0.